The van der Waals surface area contributed by atoms with Gasteiger partial charge in [0.15, 0.2) is 0 Å². The summed E-state index contributed by atoms with van der Waals surface area (Å²) in [4.78, 5) is 15.8. The SMILES string of the molecule is O=C1N(CCCCBr)Sc2ccccc2N1c1ccccc1. The van der Waals surface area contributed by atoms with Gasteiger partial charge in [0, 0.05) is 11.9 Å². The van der Waals surface area contributed by atoms with E-state index in [4.69, 9.17) is 0 Å². The van der Waals surface area contributed by atoms with Crippen molar-refractivity contribution in [3.05, 3.63) is 54.6 Å². The van der Waals surface area contributed by atoms with Gasteiger partial charge >= 0.3 is 6.03 Å². The minimum Gasteiger partial charge on any atom is -0.263 e. The number of fused-ring (bicyclic) bond motifs is 1. The topological polar surface area (TPSA) is 23.6 Å². The second-order valence-corrected chi connectivity index (χ2v) is 6.87. The molecule has 0 aliphatic carbocycles. The van der Waals surface area contributed by atoms with Crippen LogP contribution in [-0.2, 0) is 0 Å². The van der Waals surface area contributed by atoms with E-state index in [1.807, 2.05) is 52.8 Å². The average Bonchev–Trinajstić information content (AvgIpc) is 2.56. The Morgan fingerprint density at radius 3 is 2.45 bits per heavy atom. The van der Waals surface area contributed by atoms with E-state index in [9.17, 15) is 4.79 Å². The van der Waals surface area contributed by atoms with E-state index in [1.54, 1.807) is 16.8 Å². The third-order valence-electron chi connectivity index (χ3n) is 3.48. The van der Waals surface area contributed by atoms with Crippen LogP contribution in [0.5, 0.6) is 0 Å². The van der Waals surface area contributed by atoms with E-state index in [2.05, 4.69) is 22.0 Å². The number of halogens is 1. The van der Waals surface area contributed by atoms with Crippen molar-refractivity contribution in [2.24, 2.45) is 0 Å². The van der Waals surface area contributed by atoms with Crippen LogP contribution in [0, 0.1) is 0 Å². The first-order chi connectivity index (χ1) is 10.8. The lowest BCUT2D eigenvalue weighted by atomic mass is 10.2. The van der Waals surface area contributed by atoms with Crippen LogP contribution in [0.1, 0.15) is 12.8 Å². The van der Waals surface area contributed by atoms with Gasteiger partial charge in [-0.1, -0.05) is 46.3 Å². The molecule has 0 N–H and O–H groups in total. The molecule has 2 amide bonds. The first kappa shape index (κ1) is 15.4. The number of hydrogen-bond donors (Lipinski definition) is 0. The number of amides is 2. The molecule has 1 aliphatic heterocycles. The summed E-state index contributed by atoms with van der Waals surface area (Å²) in [6, 6.07) is 17.9. The number of carbonyl (C=O) groups excluding carboxylic acids is 1. The molecular formula is C17H17BrN2OS. The van der Waals surface area contributed by atoms with Crippen LogP contribution in [0.4, 0.5) is 16.2 Å². The highest BCUT2D eigenvalue weighted by molar-refractivity contribution is 9.09. The van der Waals surface area contributed by atoms with Gasteiger partial charge in [-0.3, -0.25) is 9.21 Å². The molecule has 0 saturated carbocycles. The molecule has 22 heavy (non-hydrogen) atoms. The highest BCUT2D eigenvalue weighted by Crippen LogP contribution is 2.42. The van der Waals surface area contributed by atoms with Crippen molar-refractivity contribution in [3.8, 4) is 0 Å². The molecule has 0 fully saturated rings. The molecule has 0 aromatic heterocycles. The molecule has 3 nitrogen and oxygen atoms in total. The van der Waals surface area contributed by atoms with Gasteiger partial charge in [0.25, 0.3) is 0 Å². The number of urea groups is 1. The van der Waals surface area contributed by atoms with Crippen LogP contribution in [-0.4, -0.2) is 22.2 Å². The zero-order valence-corrected chi connectivity index (χ0v) is 14.5. The Balaban J connectivity index is 1.94. The first-order valence-corrected chi connectivity index (χ1v) is 9.20. The molecule has 0 saturated heterocycles. The normalized spacial score (nSPS) is 14.1. The second-order valence-electron chi connectivity index (χ2n) is 5.01. The fourth-order valence-corrected chi connectivity index (χ4v) is 3.82. The molecule has 5 heteroatoms. The van der Waals surface area contributed by atoms with E-state index in [-0.39, 0.29) is 6.03 Å². The lowest BCUT2D eigenvalue weighted by Gasteiger charge is -2.35. The summed E-state index contributed by atoms with van der Waals surface area (Å²) in [5.74, 6) is 0. The van der Waals surface area contributed by atoms with E-state index in [0.717, 1.165) is 41.0 Å². The number of carbonyl (C=O) groups is 1. The summed E-state index contributed by atoms with van der Waals surface area (Å²) >= 11 is 4.98. The van der Waals surface area contributed by atoms with Gasteiger partial charge in [-0.05, 0) is 49.1 Å². The fraction of sp³-hybridized carbons (Fsp3) is 0.235. The Hall–Kier alpha value is -1.46. The zero-order chi connectivity index (χ0) is 15.4. The number of hydrogen-bond acceptors (Lipinski definition) is 2. The number of nitrogens with zero attached hydrogens (tertiary/aromatic N) is 2. The predicted molar refractivity (Wildman–Crippen MR) is 96.0 cm³/mol. The van der Waals surface area contributed by atoms with E-state index >= 15 is 0 Å². The molecule has 1 heterocycles. The smallest absolute Gasteiger partial charge is 0.263 e. The molecule has 2 aromatic carbocycles. The third-order valence-corrected chi connectivity index (χ3v) is 5.14. The fourth-order valence-electron chi connectivity index (χ4n) is 2.41. The Labute approximate surface area is 143 Å². The molecule has 3 rings (SSSR count). The van der Waals surface area contributed by atoms with Crippen LogP contribution in [0.2, 0.25) is 0 Å². The van der Waals surface area contributed by atoms with Crippen LogP contribution in [0.3, 0.4) is 0 Å². The lowest BCUT2D eigenvalue weighted by Crippen LogP contribution is -2.40. The number of benzene rings is 2. The molecule has 1 aliphatic rings. The van der Waals surface area contributed by atoms with Gasteiger partial charge in [-0.15, -0.1) is 0 Å². The zero-order valence-electron chi connectivity index (χ0n) is 12.1. The number of anilines is 2. The molecule has 2 aromatic rings. The summed E-state index contributed by atoms with van der Waals surface area (Å²) in [6.07, 6.45) is 2.06. The molecular weight excluding hydrogens is 360 g/mol. The van der Waals surface area contributed by atoms with Crippen LogP contribution >= 0.6 is 27.9 Å². The largest absolute Gasteiger partial charge is 0.339 e. The maximum Gasteiger partial charge on any atom is 0.339 e. The average molecular weight is 377 g/mol. The van der Waals surface area contributed by atoms with Gasteiger partial charge in [0.05, 0.1) is 16.3 Å². The molecule has 0 spiro atoms. The molecule has 0 unspecified atom stereocenters. The van der Waals surface area contributed by atoms with Crippen molar-refractivity contribution in [1.29, 1.82) is 0 Å². The Morgan fingerprint density at radius 2 is 1.68 bits per heavy atom. The van der Waals surface area contributed by atoms with Crippen LogP contribution in [0.25, 0.3) is 0 Å². The van der Waals surface area contributed by atoms with Gasteiger partial charge < -0.3 is 0 Å². The van der Waals surface area contributed by atoms with Crippen molar-refractivity contribution in [3.63, 3.8) is 0 Å². The summed E-state index contributed by atoms with van der Waals surface area (Å²) in [7, 11) is 0. The van der Waals surface area contributed by atoms with Gasteiger partial charge in [0.2, 0.25) is 0 Å². The van der Waals surface area contributed by atoms with E-state index in [0.29, 0.717) is 0 Å². The van der Waals surface area contributed by atoms with Crippen LogP contribution < -0.4 is 4.90 Å². The number of alkyl halides is 1. The first-order valence-electron chi connectivity index (χ1n) is 7.31. The summed E-state index contributed by atoms with van der Waals surface area (Å²) in [6.45, 7) is 0.757. The molecule has 114 valence electrons. The minimum absolute atomic E-state index is 0.0319. The van der Waals surface area contributed by atoms with Crippen molar-refractivity contribution >= 4 is 45.3 Å². The third kappa shape index (κ3) is 3.15. The maximum atomic E-state index is 12.9. The number of para-hydroxylation sites is 2. The second kappa shape index (κ2) is 7.20. The van der Waals surface area contributed by atoms with Crippen molar-refractivity contribution in [2.75, 3.05) is 16.8 Å². The van der Waals surface area contributed by atoms with E-state index in [1.165, 1.54) is 0 Å². The Kier molecular flexibility index (Phi) is 5.05. The summed E-state index contributed by atoms with van der Waals surface area (Å²) in [5, 5.41) is 0.971. The molecule has 0 bridgehead atoms. The lowest BCUT2D eigenvalue weighted by molar-refractivity contribution is 0.233. The Bertz CT molecular complexity index is 650. The number of unbranched alkanes of at least 4 members (excludes halogenated alkanes) is 1. The minimum atomic E-state index is 0.0319. The van der Waals surface area contributed by atoms with Crippen molar-refractivity contribution in [1.82, 2.24) is 4.31 Å². The standard InChI is InChI=1S/C17H17BrN2OS/c18-12-6-7-13-19-17(21)20(14-8-2-1-3-9-14)15-10-4-5-11-16(15)22-19/h1-5,8-11H,6-7,12-13H2. The van der Waals surface area contributed by atoms with E-state index < -0.39 is 0 Å². The van der Waals surface area contributed by atoms with Crippen molar-refractivity contribution < 1.29 is 4.79 Å². The Morgan fingerprint density at radius 1 is 0.955 bits per heavy atom. The van der Waals surface area contributed by atoms with Gasteiger partial charge in [-0.2, -0.15) is 0 Å². The van der Waals surface area contributed by atoms with Crippen molar-refractivity contribution in [2.45, 2.75) is 17.7 Å². The highest BCUT2D eigenvalue weighted by atomic mass is 79.9. The number of rotatable bonds is 5. The predicted octanol–water partition coefficient (Wildman–Crippen LogP) is 5.44. The molecule has 0 radical (unpaired) electrons. The maximum absolute atomic E-state index is 12.9. The van der Waals surface area contributed by atoms with Gasteiger partial charge in [0.1, 0.15) is 0 Å². The monoisotopic (exact) mass is 376 g/mol. The van der Waals surface area contributed by atoms with Gasteiger partial charge in [-0.25, -0.2) is 4.79 Å². The summed E-state index contributed by atoms with van der Waals surface area (Å²) in [5.41, 5.74) is 1.87. The van der Waals surface area contributed by atoms with Crippen LogP contribution in [0.15, 0.2) is 59.5 Å². The summed E-state index contributed by atoms with van der Waals surface area (Å²) < 4.78 is 1.86. The highest BCUT2D eigenvalue weighted by Gasteiger charge is 2.31. The quantitative estimate of drug-likeness (QED) is 0.393. The molecule has 0 atom stereocenters.